The van der Waals surface area contributed by atoms with Gasteiger partial charge in [-0.15, -0.1) is 0 Å². The summed E-state index contributed by atoms with van der Waals surface area (Å²) in [6, 6.07) is 54.3. The first-order chi connectivity index (χ1) is 24.3. The van der Waals surface area contributed by atoms with Crippen LogP contribution in [-0.4, -0.2) is 25.1 Å². The lowest BCUT2D eigenvalue weighted by atomic mass is 9.92. The third-order valence-electron chi connectivity index (χ3n) is 10.4. The topological polar surface area (TPSA) is 38.9 Å². The first-order valence-corrected chi connectivity index (χ1v) is 16.9. The Bertz CT molecular complexity index is 2710. The van der Waals surface area contributed by atoms with Crippen molar-refractivity contribution >= 4 is 66.9 Å². The summed E-state index contributed by atoms with van der Waals surface area (Å²) in [5.41, 5.74) is 8.22. The van der Waals surface area contributed by atoms with Gasteiger partial charge in [-0.1, -0.05) is 121 Å². The molecular formula is C44H29N5. The minimum atomic E-state index is 0.0756. The Morgan fingerprint density at radius 2 is 0.959 bits per heavy atom. The lowest BCUT2D eigenvalue weighted by Gasteiger charge is -2.28. The van der Waals surface area contributed by atoms with Crippen molar-refractivity contribution in [1.82, 2.24) is 19.1 Å². The molecule has 0 saturated carbocycles. The molecule has 3 aromatic heterocycles. The molecule has 0 bridgehead atoms. The largest absolute Gasteiger partial charge is 0.302 e. The quantitative estimate of drug-likeness (QED) is 0.197. The predicted molar refractivity (Wildman–Crippen MR) is 200 cm³/mol. The van der Waals surface area contributed by atoms with Crippen molar-refractivity contribution in [3.63, 3.8) is 0 Å². The molecule has 0 saturated heterocycles. The van der Waals surface area contributed by atoms with Crippen molar-refractivity contribution in [2.75, 3.05) is 4.90 Å². The number of rotatable bonds is 3. The Kier molecular flexibility index (Phi) is 5.44. The van der Waals surface area contributed by atoms with E-state index in [9.17, 15) is 0 Å². The Balaban J connectivity index is 1.26. The molecule has 5 nitrogen and oxygen atoms in total. The van der Waals surface area contributed by atoms with Crippen molar-refractivity contribution in [3.05, 3.63) is 168 Å². The van der Waals surface area contributed by atoms with Crippen LogP contribution in [0.3, 0.4) is 0 Å². The van der Waals surface area contributed by atoms with Crippen LogP contribution in [0.15, 0.2) is 152 Å². The van der Waals surface area contributed by atoms with Crippen molar-refractivity contribution in [3.8, 4) is 11.6 Å². The molecule has 0 amide bonds. The number of benzene rings is 6. The Morgan fingerprint density at radius 3 is 1.53 bits per heavy atom. The van der Waals surface area contributed by atoms with Gasteiger partial charge in [0.1, 0.15) is 11.6 Å². The third-order valence-corrected chi connectivity index (χ3v) is 10.4. The van der Waals surface area contributed by atoms with Crippen LogP contribution in [0.5, 0.6) is 0 Å². The maximum absolute atomic E-state index is 5.51. The maximum atomic E-state index is 5.51. The van der Waals surface area contributed by atoms with Crippen molar-refractivity contribution in [2.45, 2.75) is 12.5 Å². The van der Waals surface area contributed by atoms with E-state index in [2.05, 4.69) is 172 Å². The number of hydrogen-bond acceptors (Lipinski definition) is 3. The SMILES string of the molecule is C1=c2ccccc2=C2c3ccccc3N(c3nc(-n4c5ccccc5c5ccccc54)cc(-n4c5ccccc5c5ccccc54)n3)C2C1. The van der Waals surface area contributed by atoms with Gasteiger partial charge in [-0.25, -0.2) is 0 Å². The second kappa shape index (κ2) is 10.0. The van der Waals surface area contributed by atoms with E-state index in [-0.39, 0.29) is 6.04 Å². The summed E-state index contributed by atoms with van der Waals surface area (Å²) < 4.78 is 4.62. The van der Waals surface area contributed by atoms with Crippen LogP contribution in [-0.2, 0) is 0 Å². The molecule has 1 aliphatic heterocycles. The molecule has 11 rings (SSSR count). The number of para-hydroxylation sites is 5. The first kappa shape index (κ1) is 26.6. The van der Waals surface area contributed by atoms with Gasteiger partial charge in [-0.2, -0.15) is 9.97 Å². The zero-order chi connectivity index (χ0) is 32.1. The van der Waals surface area contributed by atoms with Gasteiger partial charge in [0.25, 0.3) is 0 Å². The highest BCUT2D eigenvalue weighted by Gasteiger charge is 2.38. The van der Waals surface area contributed by atoms with Gasteiger partial charge in [0.05, 0.1) is 33.8 Å². The number of hydrogen-bond donors (Lipinski definition) is 0. The molecule has 0 fully saturated rings. The fraction of sp³-hybridized carbons (Fsp3) is 0.0455. The number of anilines is 2. The molecule has 49 heavy (non-hydrogen) atoms. The third kappa shape index (κ3) is 3.70. The highest BCUT2D eigenvalue weighted by atomic mass is 15.3. The summed E-state index contributed by atoms with van der Waals surface area (Å²) in [7, 11) is 0. The van der Waals surface area contributed by atoms with E-state index in [1.54, 1.807) is 0 Å². The van der Waals surface area contributed by atoms with Crippen molar-refractivity contribution in [1.29, 1.82) is 0 Å². The van der Waals surface area contributed by atoms with E-state index >= 15 is 0 Å². The summed E-state index contributed by atoms with van der Waals surface area (Å²) >= 11 is 0. The van der Waals surface area contributed by atoms with Crippen molar-refractivity contribution < 1.29 is 0 Å². The van der Waals surface area contributed by atoms with Crippen LogP contribution in [0.4, 0.5) is 11.6 Å². The number of fused-ring (bicyclic) bond motifs is 10. The minimum absolute atomic E-state index is 0.0756. The van der Waals surface area contributed by atoms with E-state index < -0.39 is 0 Å². The monoisotopic (exact) mass is 627 g/mol. The molecule has 0 N–H and O–H groups in total. The summed E-state index contributed by atoms with van der Waals surface area (Å²) in [4.78, 5) is 13.4. The summed E-state index contributed by atoms with van der Waals surface area (Å²) in [6.07, 6.45) is 3.24. The molecule has 4 heterocycles. The van der Waals surface area contributed by atoms with E-state index in [1.807, 2.05) is 0 Å². The second-order valence-electron chi connectivity index (χ2n) is 13.0. The van der Waals surface area contributed by atoms with Crippen molar-refractivity contribution in [2.24, 2.45) is 0 Å². The zero-order valence-corrected chi connectivity index (χ0v) is 26.5. The highest BCUT2D eigenvalue weighted by molar-refractivity contribution is 6.10. The van der Waals surface area contributed by atoms with E-state index in [0.717, 1.165) is 45.8 Å². The van der Waals surface area contributed by atoms with Crippen LogP contribution in [0.1, 0.15) is 12.0 Å². The fourth-order valence-electron chi connectivity index (χ4n) is 8.43. The van der Waals surface area contributed by atoms with Crippen LogP contribution in [0, 0.1) is 0 Å². The normalized spacial score (nSPS) is 15.1. The molecule has 1 aliphatic carbocycles. The molecular weight excluding hydrogens is 599 g/mol. The van der Waals surface area contributed by atoms with Gasteiger partial charge < -0.3 is 4.90 Å². The van der Waals surface area contributed by atoms with Crippen LogP contribution < -0.4 is 15.3 Å². The molecule has 9 aromatic rings. The Hall–Kier alpha value is -6.46. The molecule has 2 aliphatic rings. The standard InChI is InChI=1S/C44H29N5/c1-2-14-29-28(13-1)25-26-40-43(29)34-19-7-12-24-39(34)49(40)44-45-41(47-35-20-8-3-15-30(35)31-16-4-9-21-36(31)47)27-42(46-44)48-37-22-10-5-17-32(37)33-18-6-11-23-38(33)48/h1-25,27,40H,26H2. The molecule has 1 atom stereocenters. The van der Waals surface area contributed by atoms with Crippen LogP contribution in [0.25, 0.3) is 66.9 Å². The Labute approximate surface area is 281 Å². The predicted octanol–water partition coefficient (Wildman–Crippen LogP) is 8.57. The van der Waals surface area contributed by atoms with Gasteiger partial charge in [-0.05, 0) is 52.8 Å². The smallest absolute Gasteiger partial charge is 0.234 e. The second-order valence-corrected chi connectivity index (χ2v) is 13.0. The van der Waals surface area contributed by atoms with Crippen LogP contribution >= 0.6 is 0 Å². The fourth-order valence-corrected chi connectivity index (χ4v) is 8.43. The zero-order valence-electron chi connectivity index (χ0n) is 26.5. The van der Waals surface area contributed by atoms with E-state index in [4.69, 9.17) is 9.97 Å². The molecule has 0 spiro atoms. The maximum Gasteiger partial charge on any atom is 0.234 e. The average molecular weight is 628 g/mol. The molecule has 5 heteroatoms. The molecule has 230 valence electrons. The first-order valence-electron chi connectivity index (χ1n) is 16.9. The molecule has 0 radical (unpaired) electrons. The van der Waals surface area contributed by atoms with Crippen LogP contribution in [0.2, 0.25) is 0 Å². The van der Waals surface area contributed by atoms with E-state index in [0.29, 0.717) is 5.95 Å². The molecule has 1 unspecified atom stereocenters. The number of nitrogens with zero attached hydrogens (tertiary/aromatic N) is 5. The highest BCUT2D eigenvalue weighted by Crippen LogP contribution is 2.45. The van der Waals surface area contributed by atoms with Gasteiger partial charge in [-0.3, -0.25) is 9.13 Å². The number of aromatic nitrogens is 4. The summed E-state index contributed by atoms with van der Waals surface area (Å²) in [6.45, 7) is 0. The minimum Gasteiger partial charge on any atom is -0.302 e. The Morgan fingerprint density at radius 1 is 0.490 bits per heavy atom. The van der Waals surface area contributed by atoms with Gasteiger partial charge in [0.2, 0.25) is 5.95 Å². The lowest BCUT2D eigenvalue weighted by molar-refractivity contribution is 0.806. The van der Waals surface area contributed by atoms with Gasteiger partial charge in [0, 0.05) is 33.2 Å². The summed E-state index contributed by atoms with van der Waals surface area (Å²) in [5.74, 6) is 2.37. The lowest BCUT2D eigenvalue weighted by Crippen LogP contribution is -2.39. The molecule has 6 aromatic carbocycles. The summed E-state index contributed by atoms with van der Waals surface area (Å²) in [5, 5.41) is 7.40. The van der Waals surface area contributed by atoms with Gasteiger partial charge >= 0.3 is 0 Å². The van der Waals surface area contributed by atoms with Gasteiger partial charge in [0.15, 0.2) is 0 Å². The average Bonchev–Trinajstić information content (AvgIpc) is 3.81. The van der Waals surface area contributed by atoms with E-state index in [1.165, 1.54) is 43.1 Å².